The van der Waals surface area contributed by atoms with Crippen molar-refractivity contribution in [1.82, 2.24) is 15.5 Å². The minimum atomic E-state index is -0.485. The van der Waals surface area contributed by atoms with E-state index in [-0.39, 0.29) is 12.5 Å². The number of nitrogens with one attached hydrogen (secondary N) is 3. The summed E-state index contributed by atoms with van der Waals surface area (Å²) in [4.78, 5) is 26.0. The molecule has 0 radical (unpaired) electrons. The Hall–Kier alpha value is -1.92. The Morgan fingerprint density at radius 2 is 2.14 bits per heavy atom. The fourth-order valence-electron chi connectivity index (χ4n) is 2.51. The number of piperazine rings is 1. The molecule has 6 nitrogen and oxygen atoms in total. The molecule has 1 heterocycles. The molecule has 2 rings (SSSR count). The third kappa shape index (κ3) is 4.29. The molecule has 6 heteroatoms. The summed E-state index contributed by atoms with van der Waals surface area (Å²) < 4.78 is 0. The summed E-state index contributed by atoms with van der Waals surface area (Å²) in [7, 11) is 0. The van der Waals surface area contributed by atoms with Gasteiger partial charge in [-0.05, 0) is 38.0 Å². The first-order valence-corrected chi connectivity index (χ1v) is 7.59. The van der Waals surface area contributed by atoms with Crippen LogP contribution in [-0.2, 0) is 4.79 Å². The van der Waals surface area contributed by atoms with Crippen molar-refractivity contribution in [3.63, 3.8) is 0 Å². The van der Waals surface area contributed by atoms with Gasteiger partial charge in [-0.25, -0.2) is 4.79 Å². The minimum absolute atomic E-state index is 0.239. The molecule has 1 aliphatic rings. The molecule has 1 aromatic carbocycles. The first kappa shape index (κ1) is 16.5. The number of nitrogens with zero attached hydrogens (tertiary/aromatic N) is 1. The first-order chi connectivity index (χ1) is 10.5. The van der Waals surface area contributed by atoms with Crippen molar-refractivity contribution >= 4 is 17.6 Å². The summed E-state index contributed by atoms with van der Waals surface area (Å²) in [6.07, 6.45) is 0. The normalized spacial score (nSPS) is 18.8. The van der Waals surface area contributed by atoms with E-state index < -0.39 is 6.03 Å². The fourth-order valence-corrected chi connectivity index (χ4v) is 2.51. The number of aryl methyl sites for hydroxylation is 1. The molecule has 1 aromatic rings. The molecule has 0 aliphatic carbocycles. The predicted octanol–water partition coefficient (Wildman–Crippen LogP) is 1.25. The molecular formula is C16H24N4O2. The Labute approximate surface area is 131 Å². The van der Waals surface area contributed by atoms with Crippen LogP contribution in [0.2, 0.25) is 0 Å². The van der Waals surface area contributed by atoms with Gasteiger partial charge in [0.2, 0.25) is 5.91 Å². The van der Waals surface area contributed by atoms with Crippen molar-refractivity contribution in [3.8, 4) is 0 Å². The molecule has 1 aliphatic heterocycles. The Morgan fingerprint density at radius 3 is 2.86 bits per heavy atom. The van der Waals surface area contributed by atoms with E-state index >= 15 is 0 Å². The van der Waals surface area contributed by atoms with E-state index in [2.05, 4.69) is 27.8 Å². The Morgan fingerprint density at radius 1 is 1.36 bits per heavy atom. The average molecular weight is 304 g/mol. The summed E-state index contributed by atoms with van der Waals surface area (Å²) in [5.41, 5.74) is 2.82. The lowest BCUT2D eigenvalue weighted by atomic mass is 10.1. The van der Waals surface area contributed by atoms with Crippen LogP contribution in [0.1, 0.15) is 18.1 Å². The zero-order chi connectivity index (χ0) is 16.1. The lowest BCUT2D eigenvalue weighted by Gasteiger charge is -2.33. The fraction of sp³-hybridized carbons (Fsp3) is 0.500. The van der Waals surface area contributed by atoms with E-state index in [1.807, 2.05) is 32.0 Å². The number of hydrogen-bond acceptors (Lipinski definition) is 4. The van der Waals surface area contributed by atoms with Crippen LogP contribution >= 0.6 is 0 Å². The molecule has 0 bridgehead atoms. The summed E-state index contributed by atoms with van der Waals surface area (Å²) in [5, 5.41) is 8.39. The van der Waals surface area contributed by atoms with Gasteiger partial charge in [0.05, 0.1) is 6.54 Å². The van der Waals surface area contributed by atoms with Gasteiger partial charge in [0, 0.05) is 31.4 Å². The Bertz CT molecular complexity index is 559. The minimum Gasteiger partial charge on any atom is -0.314 e. The van der Waals surface area contributed by atoms with Crippen molar-refractivity contribution in [2.45, 2.75) is 26.8 Å². The molecule has 3 N–H and O–H groups in total. The largest absolute Gasteiger partial charge is 0.325 e. The Balaban J connectivity index is 1.86. The van der Waals surface area contributed by atoms with Crippen LogP contribution in [0.3, 0.4) is 0 Å². The molecule has 0 unspecified atom stereocenters. The number of benzene rings is 1. The van der Waals surface area contributed by atoms with Crippen LogP contribution in [0.4, 0.5) is 10.5 Å². The van der Waals surface area contributed by atoms with Crippen LogP contribution in [0.15, 0.2) is 18.2 Å². The molecule has 1 saturated heterocycles. The van der Waals surface area contributed by atoms with E-state index in [1.54, 1.807) is 0 Å². The van der Waals surface area contributed by atoms with Crippen molar-refractivity contribution in [3.05, 3.63) is 29.3 Å². The third-order valence-electron chi connectivity index (χ3n) is 4.09. The molecule has 0 saturated carbocycles. The SMILES string of the molecule is Cc1cccc(NC(=O)NC(=O)CN2CCNC[C@H]2C)c1C. The zero-order valence-corrected chi connectivity index (χ0v) is 13.4. The predicted molar refractivity (Wildman–Crippen MR) is 87.0 cm³/mol. The van der Waals surface area contributed by atoms with Gasteiger partial charge in [0.15, 0.2) is 0 Å². The van der Waals surface area contributed by atoms with Crippen LogP contribution < -0.4 is 16.0 Å². The number of anilines is 1. The van der Waals surface area contributed by atoms with Gasteiger partial charge >= 0.3 is 6.03 Å². The van der Waals surface area contributed by atoms with Crippen LogP contribution in [0.25, 0.3) is 0 Å². The summed E-state index contributed by atoms with van der Waals surface area (Å²) >= 11 is 0. The van der Waals surface area contributed by atoms with E-state index in [1.165, 1.54) is 0 Å². The number of rotatable bonds is 3. The van der Waals surface area contributed by atoms with Crippen molar-refractivity contribution < 1.29 is 9.59 Å². The molecule has 22 heavy (non-hydrogen) atoms. The summed E-state index contributed by atoms with van der Waals surface area (Å²) in [5.74, 6) is -0.281. The number of carbonyl (C=O) groups is 2. The number of urea groups is 1. The standard InChI is InChI=1S/C16H24N4O2/c1-11-5-4-6-14(13(11)3)18-16(22)19-15(21)10-20-8-7-17-9-12(20)2/h4-6,12,17H,7-10H2,1-3H3,(H2,18,19,21,22)/t12-/m1/s1. The highest BCUT2D eigenvalue weighted by Gasteiger charge is 2.21. The lowest BCUT2D eigenvalue weighted by molar-refractivity contribution is -0.121. The molecule has 3 amide bonds. The topological polar surface area (TPSA) is 73.5 Å². The van der Waals surface area contributed by atoms with Crippen LogP contribution in [0.5, 0.6) is 0 Å². The van der Waals surface area contributed by atoms with Gasteiger partial charge in [-0.3, -0.25) is 15.0 Å². The molecule has 1 fully saturated rings. The second-order valence-corrected chi connectivity index (χ2v) is 5.77. The lowest BCUT2D eigenvalue weighted by Crippen LogP contribution is -2.53. The van der Waals surface area contributed by atoms with E-state index in [4.69, 9.17) is 0 Å². The average Bonchev–Trinajstić information content (AvgIpc) is 2.46. The number of amides is 3. The van der Waals surface area contributed by atoms with Crippen LogP contribution in [0, 0.1) is 13.8 Å². The maximum absolute atomic E-state index is 12.0. The van der Waals surface area contributed by atoms with Gasteiger partial charge in [-0.15, -0.1) is 0 Å². The molecule has 0 spiro atoms. The maximum Gasteiger partial charge on any atom is 0.325 e. The molecular weight excluding hydrogens is 280 g/mol. The molecule has 0 aromatic heterocycles. The Kier molecular flexibility index (Phi) is 5.51. The van der Waals surface area contributed by atoms with Gasteiger partial charge in [0.25, 0.3) is 0 Å². The molecule has 120 valence electrons. The summed E-state index contributed by atoms with van der Waals surface area (Å²) in [6.45, 7) is 8.77. The smallest absolute Gasteiger partial charge is 0.314 e. The number of carbonyl (C=O) groups excluding carboxylic acids is 2. The van der Waals surface area contributed by atoms with E-state index in [0.29, 0.717) is 6.04 Å². The number of imide groups is 1. The van der Waals surface area contributed by atoms with E-state index in [0.717, 1.165) is 36.4 Å². The first-order valence-electron chi connectivity index (χ1n) is 7.59. The van der Waals surface area contributed by atoms with Gasteiger partial charge in [-0.2, -0.15) is 0 Å². The van der Waals surface area contributed by atoms with Gasteiger partial charge in [0.1, 0.15) is 0 Å². The highest BCUT2D eigenvalue weighted by atomic mass is 16.2. The third-order valence-corrected chi connectivity index (χ3v) is 4.09. The van der Waals surface area contributed by atoms with Crippen LogP contribution in [-0.4, -0.2) is 49.1 Å². The summed E-state index contributed by atoms with van der Waals surface area (Å²) in [6, 6.07) is 5.49. The zero-order valence-electron chi connectivity index (χ0n) is 13.4. The van der Waals surface area contributed by atoms with Gasteiger partial charge in [-0.1, -0.05) is 12.1 Å². The molecule has 1 atom stereocenters. The second-order valence-electron chi connectivity index (χ2n) is 5.77. The van der Waals surface area contributed by atoms with E-state index in [9.17, 15) is 9.59 Å². The van der Waals surface area contributed by atoms with Crippen molar-refractivity contribution in [1.29, 1.82) is 0 Å². The quantitative estimate of drug-likeness (QED) is 0.786. The number of hydrogen-bond donors (Lipinski definition) is 3. The second kappa shape index (κ2) is 7.38. The highest BCUT2D eigenvalue weighted by Crippen LogP contribution is 2.17. The van der Waals surface area contributed by atoms with Crippen molar-refractivity contribution in [2.24, 2.45) is 0 Å². The van der Waals surface area contributed by atoms with Gasteiger partial charge < -0.3 is 10.6 Å². The van der Waals surface area contributed by atoms with Crippen molar-refractivity contribution in [2.75, 3.05) is 31.5 Å². The monoisotopic (exact) mass is 304 g/mol. The highest BCUT2D eigenvalue weighted by molar-refractivity contribution is 6.02. The maximum atomic E-state index is 12.0.